The maximum Gasteiger partial charge on any atom is 0.0944 e. The van der Waals surface area contributed by atoms with Gasteiger partial charge in [0.15, 0.2) is 0 Å². The molecule has 0 aliphatic heterocycles. The Kier molecular flexibility index (Phi) is 3.77. The smallest absolute Gasteiger partial charge is 0.0944 e. The molecule has 2 nitrogen and oxygen atoms in total. The van der Waals surface area contributed by atoms with Gasteiger partial charge in [0.05, 0.1) is 20.9 Å². The predicted molar refractivity (Wildman–Crippen MR) is 97.4 cm³/mol. The highest BCUT2D eigenvalue weighted by atomic mass is 32.1. The van der Waals surface area contributed by atoms with E-state index in [1.165, 1.54) is 26.1 Å². The summed E-state index contributed by atoms with van der Waals surface area (Å²) in [5.41, 5.74) is 3.61. The SMILES string of the molecule is C/C=C(\C)c1nccc2ccc3sc(CC(C)(C)C)nc3c12. The first kappa shape index (κ1) is 15.2. The van der Waals surface area contributed by atoms with E-state index in [0.29, 0.717) is 0 Å². The first-order valence-electron chi connectivity index (χ1n) is 7.69. The van der Waals surface area contributed by atoms with Crippen molar-refractivity contribution in [1.29, 1.82) is 0 Å². The Balaban J connectivity index is 2.30. The summed E-state index contributed by atoms with van der Waals surface area (Å²) in [7, 11) is 0. The Morgan fingerprint density at radius 1 is 1.23 bits per heavy atom. The van der Waals surface area contributed by atoms with Crippen LogP contribution in [0, 0.1) is 5.41 Å². The van der Waals surface area contributed by atoms with Crippen LogP contribution in [-0.2, 0) is 6.42 Å². The molecule has 0 fully saturated rings. The highest BCUT2D eigenvalue weighted by Crippen LogP contribution is 2.34. The van der Waals surface area contributed by atoms with E-state index < -0.39 is 0 Å². The molecule has 0 N–H and O–H groups in total. The van der Waals surface area contributed by atoms with Crippen LogP contribution >= 0.6 is 11.3 Å². The van der Waals surface area contributed by atoms with Crippen molar-refractivity contribution in [3.05, 3.63) is 41.2 Å². The van der Waals surface area contributed by atoms with E-state index in [0.717, 1.165) is 17.6 Å². The monoisotopic (exact) mass is 310 g/mol. The first-order valence-corrected chi connectivity index (χ1v) is 8.51. The van der Waals surface area contributed by atoms with Crippen molar-refractivity contribution < 1.29 is 0 Å². The van der Waals surface area contributed by atoms with Crippen LogP contribution in [0.1, 0.15) is 45.3 Å². The molecule has 1 aromatic carbocycles. The number of rotatable bonds is 2. The van der Waals surface area contributed by atoms with E-state index in [4.69, 9.17) is 4.98 Å². The summed E-state index contributed by atoms with van der Waals surface area (Å²) >= 11 is 1.81. The number of hydrogen-bond donors (Lipinski definition) is 0. The van der Waals surface area contributed by atoms with Gasteiger partial charge >= 0.3 is 0 Å². The Labute approximate surface area is 135 Å². The molecule has 3 heteroatoms. The second kappa shape index (κ2) is 5.47. The van der Waals surface area contributed by atoms with Crippen LogP contribution in [-0.4, -0.2) is 9.97 Å². The van der Waals surface area contributed by atoms with Gasteiger partial charge in [-0.15, -0.1) is 11.3 Å². The quantitative estimate of drug-likeness (QED) is 0.592. The normalized spacial score (nSPS) is 13.2. The average Bonchev–Trinajstić information content (AvgIpc) is 2.86. The predicted octanol–water partition coefficient (Wildman–Crippen LogP) is 5.86. The molecule has 0 amide bonds. The van der Waals surface area contributed by atoms with Gasteiger partial charge in [0.1, 0.15) is 0 Å². The summed E-state index contributed by atoms with van der Waals surface area (Å²) < 4.78 is 1.25. The number of allylic oxidation sites excluding steroid dienone is 2. The lowest BCUT2D eigenvalue weighted by molar-refractivity contribution is 0.411. The third-order valence-corrected chi connectivity index (χ3v) is 4.84. The van der Waals surface area contributed by atoms with Gasteiger partial charge < -0.3 is 0 Å². The fourth-order valence-corrected chi connectivity index (χ4v) is 3.94. The van der Waals surface area contributed by atoms with E-state index in [-0.39, 0.29) is 5.41 Å². The lowest BCUT2D eigenvalue weighted by Gasteiger charge is -2.15. The molecule has 3 aromatic rings. The Morgan fingerprint density at radius 2 is 2.00 bits per heavy atom. The fraction of sp³-hybridized carbons (Fsp3) is 0.368. The van der Waals surface area contributed by atoms with Gasteiger partial charge in [-0.3, -0.25) is 4.98 Å². The van der Waals surface area contributed by atoms with E-state index in [2.05, 4.69) is 63.9 Å². The van der Waals surface area contributed by atoms with Crippen molar-refractivity contribution >= 4 is 37.9 Å². The van der Waals surface area contributed by atoms with Gasteiger partial charge in [0.2, 0.25) is 0 Å². The highest BCUT2D eigenvalue weighted by Gasteiger charge is 2.17. The van der Waals surface area contributed by atoms with Crippen molar-refractivity contribution in [2.45, 2.75) is 41.0 Å². The second-order valence-corrected chi connectivity index (χ2v) is 8.10. The van der Waals surface area contributed by atoms with Crippen LogP contribution in [0.4, 0.5) is 0 Å². The number of benzene rings is 1. The molecule has 0 aliphatic carbocycles. The van der Waals surface area contributed by atoms with Gasteiger partial charge in [0, 0.05) is 18.0 Å². The minimum atomic E-state index is 0.254. The Hall–Kier alpha value is -1.74. The van der Waals surface area contributed by atoms with E-state index in [1.54, 1.807) is 0 Å². The number of thiazole rings is 1. The number of pyridine rings is 1. The molecule has 114 valence electrons. The number of fused-ring (bicyclic) bond motifs is 3. The zero-order chi connectivity index (χ0) is 15.9. The standard InChI is InChI=1S/C19H22N2S/c1-6-12(2)17-16-13(9-10-20-17)7-8-14-18(16)21-15(22-14)11-19(3,4)5/h6-10H,11H2,1-5H3/b12-6+. The molecule has 0 aliphatic rings. The van der Waals surface area contributed by atoms with Crippen molar-refractivity contribution in [2.24, 2.45) is 5.41 Å². The topological polar surface area (TPSA) is 25.8 Å². The van der Waals surface area contributed by atoms with Crippen LogP contribution in [0.2, 0.25) is 0 Å². The van der Waals surface area contributed by atoms with Crippen molar-refractivity contribution in [3.8, 4) is 0 Å². The van der Waals surface area contributed by atoms with Crippen LogP contribution in [0.25, 0.3) is 26.6 Å². The Morgan fingerprint density at radius 3 is 2.68 bits per heavy atom. The Bertz CT molecular complexity index is 866. The third-order valence-electron chi connectivity index (χ3n) is 3.82. The molecular weight excluding hydrogens is 288 g/mol. The van der Waals surface area contributed by atoms with Crippen LogP contribution in [0.3, 0.4) is 0 Å². The first-order chi connectivity index (χ1) is 10.4. The van der Waals surface area contributed by atoms with Crippen molar-refractivity contribution in [2.75, 3.05) is 0 Å². The lowest BCUT2D eigenvalue weighted by atomic mass is 9.93. The highest BCUT2D eigenvalue weighted by molar-refractivity contribution is 7.18. The largest absolute Gasteiger partial charge is 0.256 e. The molecule has 22 heavy (non-hydrogen) atoms. The second-order valence-electron chi connectivity index (χ2n) is 6.99. The molecule has 3 rings (SSSR count). The summed E-state index contributed by atoms with van der Waals surface area (Å²) in [4.78, 5) is 9.56. The van der Waals surface area contributed by atoms with E-state index in [1.807, 2.05) is 17.5 Å². The summed E-state index contributed by atoms with van der Waals surface area (Å²) in [5.74, 6) is 0. The lowest BCUT2D eigenvalue weighted by Crippen LogP contribution is -2.08. The molecular formula is C19H22N2S. The van der Waals surface area contributed by atoms with E-state index >= 15 is 0 Å². The summed E-state index contributed by atoms with van der Waals surface area (Å²) in [6, 6.07) is 6.45. The third kappa shape index (κ3) is 2.78. The van der Waals surface area contributed by atoms with Crippen LogP contribution < -0.4 is 0 Å². The molecule has 0 radical (unpaired) electrons. The molecule has 0 saturated carbocycles. The van der Waals surface area contributed by atoms with Gasteiger partial charge in [0.25, 0.3) is 0 Å². The van der Waals surface area contributed by atoms with Gasteiger partial charge in [-0.25, -0.2) is 4.98 Å². The number of aromatic nitrogens is 2. The minimum Gasteiger partial charge on any atom is -0.256 e. The molecule has 0 unspecified atom stereocenters. The summed E-state index contributed by atoms with van der Waals surface area (Å²) in [5, 5.41) is 3.61. The van der Waals surface area contributed by atoms with Crippen LogP contribution in [0.15, 0.2) is 30.5 Å². The molecule has 2 heterocycles. The van der Waals surface area contributed by atoms with Crippen molar-refractivity contribution in [1.82, 2.24) is 9.97 Å². The summed E-state index contributed by atoms with van der Waals surface area (Å²) in [6.07, 6.45) is 5.01. The maximum atomic E-state index is 4.95. The molecule has 2 aromatic heterocycles. The molecule has 0 atom stereocenters. The molecule has 0 spiro atoms. The average molecular weight is 310 g/mol. The van der Waals surface area contributed by atoms with Crippen molar-refractivity contribution in [3.63, 3.8) is 0 Å². The maximum absolute atomic E-state index is 4.95. The van der Waals surface area contributed by atoms with Crippen LogP contribution in [0.5, 0.6) is 0 Å². The van der Waals surface area contributed by atoms with Gasteiger partial charge in [-0.05, 0) is 42.4 Å². The summed E-state index contributed by atoms with van der Waals surface area (Å²) in [6.45, 7) is 10.9. The molecule has 0 saturated heterocycles. The van der Waals surface area contributed by atoms with Gasteiger partial charge in [-0.1, -0.05) is 32.9 Å². The van der Waals surface area contributed by atoms with Gasteiger partial charge in [-0.2, -0.15) is 0 Å². The fourth-order valence-electron chi connectivity index (χ4n) is 2.66. The minimum absolute atomic E-state index is 0.254. The number of nitrogens with zero attached hydrogens (tertiary/aromatic N) is 2. The zero-order valence-corrected chi connectivity index (χ0v) is 14.7. The number of hydrogen-bond acceptors (Lipinski definition) is 3. The van der Waals surface area contributed by atoms with E-state index in [9.17, 15) is 0 Å². The molecule has 0 bridgehead atoms. The zero-order valence-electron chi connectivity index (χ0n) is 13.9.